The van der Waals surface area contributed by atoms with Gasteiger partial charge in [0, 0.05) is 10.9 Å². The zero-order chi connectivity index (χ0) is 15.1. The molecule has 3 aromatic rings. The van der Waals surface area contributed by atoms with E-state index in [-0.39, 0.29) is 10.8 Å². The van der Waals surface area contributed by atoms with Gasteiger partial charge in [-0.15, -0.1) is 11.3 Å². The van der Waals surface area contributed by atoms with E-state index in [1.165, 1.54) is 11.3 Å². The van der Waals surface area contributed by atoms with Gasteiger partial charge in [0.2, 0.25) is 0 Å². The molecule has 0 unspecified atom stereocenters. The number of hydrogen-bond donors (Lipinski definition) is 2. The number of carboxylic acids is 1. The van der Waals surface area contributed by atoms with Crippen molar-refractivity contribution in [3.63, 3.8) is 0 Å². The number of para-hydroxylation sites is 1. The maximum atomic E-state index is 11.3. The SMILES string of the molecule is CC(C)c1c(-c2cc3ccccc3o2)sc(C(=O)O)c1N. The van der Waals surface area contributed by atoms with Crippen LogP contribution in [0.5, 0.6) is 0 Å². The monoisotopic (exact) mass is 301 g/mol. The van der Waals surface area contributed by atoms with Crippen LogP contribution in [-0.4, -0.2) is 11.1 Å². The van der Waals surface area contributed by atoms with E-state index in [1.807, 2.05) is 44.2 Å². The summed E-state index contributed by atoms with van der Waals surface area (Å²) in [6.45, 7) is 3.99. The number of rotatable bonds is 3. The van der Waals surface area contributed by atoms with Crippen LogP contribution in [0, 0.1) is 0 Å². The molecule has 21 heavy (non-hydrogen) atoms. The summed E-state index contributed by atoms with van der Waals surface area (Å²) in [5.74, 6) is -0.205. The van der Waals surface area contributed by atoms with E-state index in [0.717, 1.165) is 21.4 Å². The minimum atomic E-state index is -0.998. The van der Waals surface area contributed by atoms with Gasteiger partial charge in [0.25, 0.3) is 0 Å². The molecule has 3 N–H and O–H groups in total. The third kappa shape index (κ3) is 2.19. The minimum absolute atomic E-state index is 0.123. The second kappa shape index (κ2) is 4.93. The van der Waals surface area contributed by atoms with Crippen LogP contribution in [0.25, 0.3) is 21.6 Å². The van der Waals surface area contributed by atoms with Crippen molar-refractivity contribution in [3.05, 3.63) is 40.8 Å². The molecular weight excluding hydrogens is 286 g/mol. The van der Waals surface area contributed by atoms with Crippen LogP contribution in [0.4, 0.5) is 5.69 Å². The number of nitrogen functional groups attached to an aromatic ring is 1. The fraction of sp³-hybridized carbons (Fsp3) is 0.188. The van der Waals surface area contributed by atoms with Crippen molar-refractivity contribution >= 4 is 34.0 Å². The summed E-state index contributed by atoms with van der Waals surface area (Å²) in [6, 6.07) is 9.63. The quantitative estimate of drug-likeness (QED) is 0.743. The lowest BCUT2D eigenvalue weighted by molar-refractivity contribution is 0.0703. The average molecular weight is 301 g/mol. The number of carboxylic acid groups (broad SMARTS) is 1. The molecule has 0 fully saturated rings. The molecule has 0 aliphatic carbocycles. The molecule has 5 heteroatoms. The first-order chi connectivity index (χ1) is 9.99. The number of furan rings is 1. The molecule has 0 saturated heterocycles. The van der Waals surface area contributed by atoms with Gasteiger partial charge in [0.05, 0.1) is 10.6 Å². The van der Waals surface area contributed by atoms with Crippen molar-refractivity contribution < 1.29 is 14.3 Å². The standard InChI is InChI=1S/C16H15NO3S/c1-8(2)12-13(17)15(16(18)19)21-14(12)11-7-9-5-3-4-6-10(9)20-11/h3-8H,17H2,1-2H3,(H,18,19). The Kier molecular flexibility index (Phi) is 3.22. The number of thiophene rings is 1. The Morgan fingerprint density at radius 1 is 1.33 bits per heavy atom. The highest BCUT2D eigenvalue weighted by Gasteiger charge is 2.25. The lowest BCUT2D eigenvalue weighted by Crippen LogP contribution is -2.00. The fourth-order valence-corrected chi connectivity index (χ4v) is 3.63. The van der Waals surface area contributed by atoms with Gasteiger partial charge in [-0.3, -0.25) is 0 Å². The Morgan fingerprint density at radius 3 is 2.67 bits per heavy atom. The number of nitrogens with two attached hydrogens (primary N) is 1. The highest BCUT2D eigenvalue weighted by molar-refractivity contribution is 7.18. The summed E-state index contributed by atoms with van der Waals surface area (Å²) in [6.07, 6.45) is 0. The lowest BCUT2D eigenvalue weighted by atomic mass is 10.0. The number of anilines is 1. The highest BCUT2D eigenvalue weighted by atomic mass is 32.1. The van der Waals surface area contributed by atoms with E-state index < -0.39 is 5.97 Å². The maximum Gasteiger partial charge on any atom is 0.348 e. The van der Waals surface area contributed by atoms with Gasteiger partial charge < -0.3 is 15.3 Å². The Morgan fingerprint density at radius 2 is 2.05 bits per heavy atom. The van der Waals surface area contributed by atoms with Crippen LogP contribution in [0.3, 0.4) is 0 Å². The third-order valence-corrected chi connectivity index (χ3v) is 4.63. The first kappa shape index (κ1) is 13.7. The van der Waals surface area contributed by atoms with Crippen molar-refractivity contribution in [2.45, 2.75) is 19.8 Å². The molecule has 1 aromatic carbocycles. The van der Waals surface area contributed by atoms with Crippen LogP contribution in [-0.2, 0) is 0 Å². The Balaban J connectivity index is 2.25. The molecule has 108 valence electrons. The first-order valence-corrected chi connectivity index (χ1v) is 7.45. The summed E-state index contributed by atoms with van der Waals surface area (Å²) in [4.78, 5) is 12.3. The zero-order valence-corrected chi connectivity index (χ0v) is 12.5. The van der Waals surface area contributed by atoms with Crippen LogP contribution in [0.15, 0.2) is 34.7 Å². The maximum absolute atomic E-state index is 11.3. The lowest BCUT2D eigenvalue weighted by Gasteiger charge is -2.06. The van der Waals surface area contributed by atoms with Gasteiger partial charge in [0.15, 0.2) is 0 Å². The van der Waals surface area contributed by atoms with E-state index in [4.69, 9.17) is 10.2 Å². The molecule has 0 aliphatic rings. The highest BCUT2D eigenvalue weighted by Crippen LogP contribution is 2.44. The molecule has 4 nitrogen and oxygen atoms in total. The van der Waals surface area contributed by atoms with E-state index >= 15 is 0 Å². The summed E-state index contributed by atoms with van der Waals surface area (Å²) in [5.41, 5.74) is 8.00. The largest absolute Gasteiger partial charge is 0.477 e. The number of benzene rings is 1. The topological polar surface area (TPSA) is 76.5 Å². The van der Waals surface area contributed by atoms with Crippen molar-refractivity contribution in [2.24, 2.45) is 0 Å². The van der Waals surface area contributed by atoms with Crippen molar-refractivity contribution in [2.75, 3.05) is 5.73 Å². The van der Waals surface area contributed by atoms with Gasteiger partial charge in [-0.25, -0.2) is 4.79 Å². The number of hydrogen-bond acceptors (Lipinski definition) is 4. The van der Waals surface area contributed by atoms with Gasteiger partial charge in [-0.2, -0.15) is 0 Å². The van der Waals surface area contributed by atoms with Gasteiger partial charge in [0.1, 0.15) is 16.2 Å². The Hall–Kier alpha value is -2.27. The molecule has 0 atom stereocenters. The summed E-state index contributed by atoms with van der Waals surface area (Å²) >= 11 is 1.17. The number of carbonyl (C=O) groups is 1. The molecule has 0 bridgehead atoms. The zero-order valence-electron chi connectivity index (χ0n) is 11.7. The van der Waals surface area contributed by atoms with Gasteiger partial charge in [-0.1, -0.05) is 32.0 Å². The van der Waals surface area contributed by atoms with E-state index in [2.05, 4.69) is 0 Å². The second-order valence-corrected chi connectivity index (χ2v) is 6.22. The van der Waals surface area contributed by atoms with Crippen molar-refractivity contribution in [1.82, 2.24) is 0 Å². The normalized spacial score (nSPS) is 11.4. The smallest absolute Gasteiger partial charge is 0.348 e. The molecule has 0 radical (unpaired) electrons. The van der Waals surface area contributed by atoms with Crippen molar-refractivity contribution in [3.8, 4) is 10.6 Å². The van der Waals surface area contributed by atoms with Crippen LogP contribution in [0.1, 0.15) is 35.0 Å². The fourth-order valence-electron chi connectivity index (χ4n) is 2.47. The second-order valence-electron chi connectivity index (χ2n) is 5.20. The Labute approximate surface area is 125 Å². The van der Waals surface area contributed by atoms with E-state index in [0.29, 0.717) is 11.4 Å². The molecule has 0 spiro atoms. The number of fused-ring (bicyclic) bond motifs is 1. The Bertz CT molecular complexity index is 796. The minimum Gasteiger partial charge on any atom is -0.477 e. The van der Waals surface area contributed by atoms with E-state index in [1.54, 1.807) is 0 Å². The molecule has 2 heterocycles. The third-order valence-electron chi connectivity index (χ3n) is 3.40. The molecule has 3 rings (SSSR count). The van der Waals surface area contributed by atoms with Gasteiger partial charge >= 0.3 is 5.97 Å². The molecule has 0 amide bonds. The predicted molar refractivity (Wildman–Crippen MR) is 85.0 cm³/mol. The summed E-state index contributed by atoms with van der Waals surface area (Å²) in [7, 11) is 0. The molecule has 0 aliphatic heterocycles. The van der Waals surface area contributed by atoms with Crippen LogP contribution >= 0.6 is 11.3 Å². The van der Waals surface area contributed by atoms with E-state index in [9.17, 15) is 9.90 Å². The predicted octanol–water partition coefficient (Wildman–Crippen LogP) is 4.57. The summed E-state index contributed by atoms with van der Waals surface area (Å²) < 4.78 is 5.85. The molecule has 2 aromatic heterocycles. The van der Waals surface area contributed by atoms with Crippen molar-refractivity contribution in [1.29, 1.82) is 0 Å². The van der Waals surface area contributed by atoms with Gasteiger partial charge in [-0.05, 0) is 18.1 Å². The average Bonchev–Trinajstić information content (AvgIpc) is 2.98. The molecule has 0 saturated carbocycles. The van der Waals surface area contributed by atoms with Crippen LogP contribution < -0.4 is 5.73 Å². The number of aromatic carboxylic acids is 1. The summed E-state index contributed by atoms with van der Waals surface area (Å²) in [5, 5.41) is 10.3. The molecular formula is C16H15NO3S. The first-order valence-electron chi connectivity index (χ1n) is 6.63. The van der Waals surface area contributed by atoms with Crippen LogP contribution in [0.2, 0.25) is 0 Å².